The van der Waals surface area contributed by atoms with Gasteiger partial charge in [0, 0.05) is 43.9 Å². The molecule has 2 aromatic carbocycles. The van der Waals surface area contributed by atoms with Crippen molar-refractivity contribution >= 4 is 11.6 Å². The molecule has 8 nitrogen and oxygen atoms in total. The minimum Gasteiger partial charge on any atom is -0.493 e. The summed E-state index contributed by atoms with van der Waals surface area (Å²) in [6, 6.07) is 16.4. The van der Waals surface area contributed by atoms with Crippen molar-refractivity contribution in [2.24, 2.45) is 0 Å². The number of benzene rings is 2. The van der Waals surface area contributed by atoms with Crippen molar-refractivity contribution < 1.29 is 14.3 Å². The molecule has 0 spiro atoms. The fourth-order valence-corrected chi connectivity index (χ4v) is 4.27. The Hall–Kier alpha value is -3.55. The monoisotopic (exact) mass is 505 g/mol. The van der Waals surface area contributed by atoms with Crippen LogP contribution in [0.2, 0.25) is 0 Å². The summed E-state index contributed by atoms with van der Waals surface area (Å²) >= 11 is 0. The van der Waals surface area contributed by atoms with E-state index in [-0.39, 0.29) is 18.2 Å². The number of anilines is 1. The van der Waals surface area contributed by atoms with Gasteiger partial charge in [-0.15, -0.1) is 0 Å². The minimum absolute atomic E-state index is 0.0878. The lowest BCUT2D eigenvalue weighted by atomic mass is 9.96. The van der Waals surface area contributed by atoms with Crippen LogP contribution >= 0.6 is 0 Å². The van der Waals surface area contributed by atoms with Crippen molar-refractivity contribution in [3.8, 4) is 11.5 Å². The van der Waals surface area contributed by atoms with Crippen LogP contribution in [0.4, 0.5) is 5.69 Å². The van der Waals surface area contributed by atoms with Crippen molar-refractivity contribution in [1.82, 2.24) is 20.1 Å². The number of methoxy groups -OCH3 is 1. The van der Waals surface area contributed by atoms with E-state index in [2.05, 4.69) is 51.3 Å². The number of carbonyl (C=O) groups is 1. The molecule has 1 N–H and O–H groups in total. The molecule has 37 heavy (non-hydrogen) atoms. The first-order valence-electron chi connectivity index (χ1n) is 13.2. The lowest BCUT2D eigenvalue weighted by molar-refractivity contribution is -0.130. The Morgan fingerprint density at radius 1 is 1.05 bits per heavy atom. The highest BCUT2D eigenvalue weighted by Gasteiger charge is 2.25. The molecule has 198 valence electrons. The van der Waals surface area contributed by atoms with Crippen LogP contribution in [0.1, 0.15) is 56.2 Å². The van der Waals surface area contributed by atoms with Crippen LogP contribution in [-0.2, 0) is 11.2 Å². The van der Waals surface area contributed by atoms with Gasteiger partial charge in [-0.2, -0.15) is 5.10 Å². The average Bonchev–Trinajstić information content (AvgIpc) is 3.36. The Morgan fingerprint density at radius 3 is 2.32 bits per heavy atom. The summed E-state index contributed by atoms with van der Waals surface area (Å²) in [6.07, 6.45) is 4.02. The van der Waals surface area contributed by atoms with Crippen molar-refractivity contribution in [2.45, 2.75) is 58.5 Å². The number of rotatable bonds is 7. The number of carbonyl (C=O) groups excluding carboxylic acids is 1. The molecule has 1 saturated carbocycles. The molecular formula is C29H39N5O3. The van der Waals surface area contributed by atoms with Gasteiger partial charge in [0.15, 0.2) is 17.3 Å². The third-order valence-corrected chi connectivity index (χ3v) is 6.82. The molecule has 0 radical (unpaired) electrons. The van der Waals surface area contributed by atoms with Crippen LogP contribution in [0.3, 0.4) is 0 Å². The summed E-state index contributed by atoms with van der Waals surface area (Å²) in [5, 5.41) is 7.07. The van der Waals surface area contributed by atoms with E-state index in [0.29, 0.717) is 25.0 Å². The molecule has 1 aromatic heterocycles. The van der Waals surface area contributed by atoms with Gasteiger partial charge in [0.1, 0.15) is 5.82 Å². The van der Waals surface area contributed by atoms with Crippen molar-refractivity contribution in [3.63, 3.8) is 0 Å². The van der Waals surface area contributed by atoms with Crippen LogP contribution in [0.15, 0.2) is 48.5 Å². The molecule has 5 rings (SSSR count). The first-order chi connectivity index (χ1) is 17.9. The van der Waals surface area contributed by atoms with Gasteiger partial charge in [0.2, 0.25) is 5.91 Å². The van der Waals surface area contributed by atoms with E-state index in [1.54, 1.807) is 7.11 Å². The second-order valence-corrected chi connectivity index (χ2v) is 10.0. The summed E-state index contributed by atoms with van der Waals surface area (Å²) in [4.78, 5) is 21.3. The number of nitrogens with one attached hydrogen (secondary N) is 1. The first-order valence-corrected chi connectivity index (χ1v) is 13.2. The minimum atomic E-state index is 0.0878. The van der Waals surface area contributed by atoms with Gasteiger partial charge in [-0.3, -0.25) is 9.89 Å². The highest BCUT2D eigenvalue weighted by Crippen LogP contribution is 2.35. The van der Waals surface area contributed by atoms with Gasteiger partial charge < -0.3 is 19.3 Å². The largest absolute Gasteiger partial charge is 0.493 e. The number of H-pyrrole nitrogens is 1. The highest BCUT2D eigenvalue weighted by atomic mass is 16.5. The zero-order valence-electron chi connectivity index (χ0n) is 22.4. The standard InChI is InChI=1S/C22H31N5O3.C7H8/c1-15(2)22-23-20(24-25-22)14-21(28)27-11-9-26(10-12-27)16-7-8-18(29-3)19(13-16)30-17-5-4-6-17;1-7-5-3-2-4-6-7/h7-8,13,15,17H,4-6,9-12,14H2,1-3H3,(H,23,24,25);2-6H,1H3. The predicted molar refractivity (Wildman–Crippen MR) is 145 cm³/mol. The lowest BCUT2D eigenvalue weighted by Crippen LogP contribution is -2.49. The number of piperazine rings is 1. The molecular weight excluding hydrogens is 466 g/mol. The summed E-state index contributed by atoms with van der Waals surface area (Å²) < 4.78 is 11.6. The molecule has 1 aliphatic heterocycles. The van der Waals surface area contributed by atoms with Crippen LogP contribution < -0.4 is 14.4 Å². The van der Waals surface area contributed by atoms with E-state index >= 15 is 0 Å². The molecule has 2 aliphatic rings. The van der Waals surface area contributed by atoms with Gasteiger partial charge >= 0.3 is 0 Å². The number of aromatic nitrogens is 3. The summed E-state index contributed by atoms with van der Waals surface area (Å²) in [5.41, 5.74) is 2.43. The maximum atomic E-state index is 12.7. The second kappa shape index (κ2) is 12.6. The maximum Gasteiger partial charge on any atom is 0.230 e. The van der Waals surface area contributed by atoms with Crippen LogP contribution in [-0.4, -0.2) is 65.4 Å². The van der Waals surface area contributed by atoms with E-state index in [1.165, 1.54) is 12.0 Å². The van der Waals surface area contributed by atoms with E-state index in [9.17, 15) is 4.79 Å². The molecule has 1 saturated heterocycles. The van der Waals surface area contributed by atoms with Crippen LogP contribution in [0, 0.1) is 6.92 Å². The molecule has 3 aromatic rings. The molecule has 0 unspecified atom stereocenters. The third kappa shape index (κ3) is 7.24. The van der Waals surface area contributed by atoms with E-state index in [4.69, 9.17) is 9.47 Å². The number of aromatic amines is 1. The first kappa shape index (κ1) is 26.5. The quantitative estimate of drug-likeness (QED) is 0.499. The zero-order chi connectivity index (χ0) is 26.2. The Morgan fingerprint density at radius 2 is 1.78 bits per heavy atom. The highest BCUT2D eigenvalue weighted by molar-refractivity contribution is 5.78. The molecule has 2 heterocycles. The average molecular weight is 506 g/mol. The fraction of sp³-hybridized carbons (Fsp3) is 0.483. The number of aryl methyl sites for hydroxylation is 1. The lowest BCUT2D eigenvalue weighted by Gasteiger charge is -2.36. The van der Waals surface area contributed by atoms with Gasteiger partial charge in [-0.25, -0.2) is 4.98 Å². The number of ether oxygens (including phenoxy) is 2. The third-order valence-electron chi connectivity index (χ3n) is 6.82. The summed E-state index contributed by atoms with van der Waals surface area (Å²) in [7, 11) is 1.67. The Kier molecular flexibility index (Phi) is 9.04. The van der Waals surface area contributed by atoms with Crippen LogP contribution in [0.5, 0.6) is 11.5 Å². The smallest absolute Gasteiger partial charge is 0.230 e. The van der Waals surface area contributed by atoms with Gasteiger partial charge in [-0.05, 0) is 38.3 Å². The van der Waals surface area contributed by atoms with E-state index in [1.807, 2.05) is 43.0 Å². The zero-order valence-corrected chi connectivity index (χ0v) is 22.4. The van der Waals surface area contributed by atoms with Gasteiger partial charge in [0.25, 0.3) is 0 Å². The van der Waals surface area contributed by atoms with Crippen LogP contribution in [0.25, 0.3) is 0 Å². The molecule has 0 atom stereocenters. The summed E-state index contributed by atoms with van der Waals surface area (Å²) in [5.74, 6) is 3.30. The number of hydrogen-bond acceptors (Lipinski definition) is 6. The number of amides is 1. The Labute approximate surface area is 220 Å². The van der Waals surface area contributed by atoms with Crippen molar-refractivity contribution in [3.05, 3.63) is 65.7 Å². The normalized spacial score (nSPS) is 15.6. The maximum absolute atomic E-state index is 12.7. The van der Waals surface area contributed by atoms with E-state index in [0.717, 1.165) is 48.9 Å². The SMILES string of the molecule is COc1ccc(N2CCN(C(=O)Cc3nc(C(C)C)n[nH]3)CC2)cc1OC1CCC1.Cc1ccccc1. The molecule has 2 fully saturated rings. The Bertz CT molecular complexity index is 1140. The number of nitrogens with zero attached hydrogens (tertiary/aromatic N) is 4. The number of hydrogen-bond donors (Lipinski definition) is 1. The van der Waals surface area contributed by atoms with Crippen molar-refractivity contribution in [2.75, 3.05) is 38.2 Å². The molecule has 1 amide bonds. The topological polar surface area (TPSA) is 83.6 Å². The van der Waals surface area contributed by atoms with Gasteiger partial charge in [0.05, 0.1) is 19.6 Å². The van der Waals surface area contributed by atoms with E-state index < -0.39 is 0 Å². The Balaban J connectivity index is 0.000000396. The summed E-state index contributed by atoms with van der Waals surface area (Å²) in [6.45, 7) is 9.11. The molecule has 0 bridgehead atoms. The van der Waals surface area contributed by atoms with Crippen molar-refractivity contribution in [1.29, 1.82) is 0 Å². The molecule has 8 heteroatoms. The molecule has 1 aliphatic carbocycles. The van der Waals surface area contributed by atoms with Gasteiger partial charge in [-0.1, -0.05) is 49.7 Å². The second-order valence-electron chi connectivity index (χ2n) is 10.0. The predicted octanol–water partition coefficient (Wildman–Crippen LogP) is 4.75. The fourth-order valence-electron chi connectivity index (χ4n) is 4.27.